The minimum Gasteiger partial charge on any atom is -0.338 e. The minimum absolute atomic E-state index is 0.0154. The number of likely N-dealkylation sites (tertiary alicyclic amines) is 1. The lowest BCUT2D eigenvalue weighted by molar-refractivity contribution is 0.0702. The zero-order valence-electron chi connectivity index (χ0n) is 15.3. The first-order chi connectivity index (χ1) is 12.6. The third kappa shape index (κ3) is 3.08. The Hall–Kier alpha value is -2.37. The summed E-state index contributed by atoms with van der Waals surface area (Å²) in [5.74, 6) is 1.07. The van der Waals surface area contributed by atoms with Crippen molar-refractivity contribution in [2.24, 2.45) is 7.05 Å². The van der Waals surface area contributed by atoms with Gasteiger partial charge in [-0.3, -0.25) is 9.36 Å². The van der Waals surface area contributed by atoms with Crippen LogP contribution in [0.2, 0.25) is 0 Å². The van der Waals surface area contributed by atoms with Crippen molar-refractivity contribution in [3.8, 4) is 0 Å². The molecule has 26 heavy (non-hydrogen) atoms. The van der Waals surface area contributed by atoms with Crippen LogP contribution in [-0.2, 0) is 7.05 Å². The summed E-state index contributed by atoms with van der Waals surface area (Å²) in [6.45, 7) is 1.40. The van der Waals surface area contributed by atoms with Gasteiger partial charge in [-0.2, -0.15) is 5.10 Å². The van der Waals surface area contributed by atoms with Crippen molar-refractivity contribution in [2.45, 2.75) is 50.5 Å². The second-order valence-corrected chi connectivity index (χ2v) is 7.53. The van der Waals surface area contributed by atoms with Gasteiger partial charge in [0.2, 0.25) is 0 Å². The monoisotopic (exact) mass is 354 g/mol. The number of aryl methyl sites for hydroxylation is 1. The van der Waals surface area contributed by atoms with Crippen LogP contribution in [0.4, 0.5) is 0 Å². The molecule has 0 spiro atoms. The van der Waals surface area contributed by atoms with E-state index in [0.717, 1.165) is 43.6 Å². The minimum atomic E-state index is -0.0154. The Bertz CT molecular complexity index is 833. The van der Waals surface area contributed by atoms with Crippen LogP contribution in [0.25, 0.3) is 0 Å². The number of hydrogen-bond donors (Lipinski definition) is 0. The molecule has 1 aromatic heterocycles. The van der Waals surface area contributed by atoms with E-state index in [-0.39, 0.29) is 23.6 Å². The quantitative estimate of drug-likeness (QED) is 0.851. The Morgan fingerprint density at radius 2 is 1.81 bits per heavy atom. The molecule has 1 aromatic carbocycles. The zero-order chi connectivity index (χ0) is 18.1. The van der Waals surface area contributed by atoms with Gasteiger partial charge in [0.1, 0.15) is 5.82 Å². The standard InChI is InChI=1S/C20H26N4O2/c1-22-20(26)24(17-11-5-6-12-17)18(21-22)16-10-7-13-23(14-16)19(25)15-8-3-2-4-9-15/h2-4,8-9,16-17H,5-7,10-14H2,1H3. The molecule has 1 atom stereocenters. The Morgan fingerprint density at radius 1 is 1.08 bits per heavy atom. The van der Waals surface area contributed by atoms with Crippen LogP contribution in [0.3, 0.4) is 0 Å². The van der Waals surface area contributed by atoms with Gasteiger partial charge in [0, 0.05) is 37.7 Å². The van der Waals surface area contributed by atoms with Gasteiger partial charge < -0.3 is 4.90 Å². The molecule has 1 saturated carbocycles. The van der Waals surface area contributed by atoms with Crippen LogP contribution in [0, 0.1) is 0 Å². The van der Waals surface area contributed by atoms with Crippen molar-refractivity contribution in [1.29, 1.82) is 0 Å². The summed E-state index contributed by atoms with van der Waals surface area (Å²) in [4.78, 5) is 27.4. The summed E-state index contributed by atoms with van der Waals surface area (Å²) in [5, 5.41) is 4.57. The summed E-state index contributed by atoms with van der Waals surface area (Å²) in [6.07, 6.45) is 6.37. The Balaban J connectivity index is 1.60. The van der Waals surface area contributed by atoms with Crippen LogP contribution >= 0.6 is 0 Å². The van der Waals surface area contributed by atoms with Crippen molar-refractivity contribution in [3.63, 3.8) is 0 Å². The lowest BCUT2D eigenvalue weighted by Gasteiger charge is -2.33. The maximum atomic E-state index is 12.8. The molecule has 138 valence electrons. The van der Waals surface area contributed by atoms with Gasteiger partial charge in [0.25, 0.3) is 5.91 Å². The molecule has 1 amide bonds. The first-order valence-electron chi connectivity index (χ1n) is 9.65. The predicted octanol–water partition coefficient (Wildman–Crippen LogP) is 2.72. The molecule has 2 heterocycles. The summed E-state index contributed by atoms with van der Waals surface area (Å²) >= 11 is 0. The van der Waals surface area contributed by atoms with Crippen molar-refractivity contribution in [2.75, 3.05) is 13.1 Å². The highest BCUT2D eigenvalue weighted by Gasteiger charge is 2.32. The van der Waals surface area contributed by atoms with Crippen molar-refractivity contribution in [3.05, 3.63) is 52.2 Å². The van der Waals surface area contributed by atoms with E-state index in [4.69, 9.17) is 0 Å². The highest BCUT2D eigenvalue weighted by molar-refractivity contribution is 5.94. The van der Waals surface area contributed by atoms with Gasteiger partial charge in [0.05, 0.1) is 0 Å². The summed E-state index contributed by atoms with van der Waals surface area (Å²) < 4.78 is 3.39. The van der Waals surface area contributed by atoms with Gasteiger partial charge in [-0.25, -0.2) is 9.48 Å². The molecule has 0 N–H and O–H groups in total. The summed E-state index contributed by atoms with van der Waals surface area (Å²) in [6, 6.07) is 9.70. The van der Waals surface area contributed by atoms with Crippen LogP contribution in [0.15, 0.2) is 35.1 Å². The van der Waals surface area contributed by atoms with E-state index in [9.17, 15) is 9.59 Å². The number of carbonyl (C=O) groups is 1. The molecular weight excluding hydrogens is 328 g/mol. The fourth-order valence-electron chi connectivity index (χ4n) is 4.42. The van der Waals surface area contributed by atoms with Crippen LogP contribution in [-0.4, -0.2) is 38.2 Å². The largest absolute Gasteiger partial charge is 0.345 e. The van der Waals surface area contributed by atoms with Gasteiger partial charge in [-0.1, -0.05) is 31.0 Å². The van der Waals surface area contributed by atoms with E-state index in [1.807, 2.05) is 39.8 Å². The van der Waals surface area contributed by atoms with Crippen molar-refractivity contribution < 1.29 is 4.79 Å². The molecule has 1 saturated heterocycles. The van der Waals surface area contributed by atoms with Crippen LogP contribution < -0.4 is 5.69 Å². The average Bonchev–Trinajstić information content (AvgIpc) is 3.30. The number of amides is 1. The van der Waals surface area contributed by atoms with Gasteiger partial charge in [0.15, 0.2) is 0 Å². The molecule has 1 aliphatic carbocycles. The Labute approximate surface area is 153 Å². The van der Waals surface area contributed by atoms with E-state index in [2.05, 4.69) is 5.10 Å². The molecule has 6 nitrogen and oxygen atoms in total. The molecule has 2 fully saturated rings. The second-order valence-electron chi connectivity index (χ2n) is 7.53. The van der Waals surface area contributed by atoms with E-state index < -0.39 is 0 Å². The summed E-state index contributed by atoms with van der Waals surface area (Å²) in [7, 11) is 1.73. The van der Waals surface area contributed by atoms with Crippen LogP contribution in [0.5, 0.6) is 0 Å². The third-order valence-corrected chi connectivity index (χ3v) is 5.77. The number of hydrogen-bond acceptors (Lipinski definition) is 3. The first-order valence-corrected chi connectivity index (χ1v) is 9.65. The maximum absolute atomic E-state index is 12.8. The first kappa shape index (κ1) is 17.1. The zero-order valence-corrected chi connectivity index (χ0v) is 15.3. The molecule has 0 radical (unpaired) electrons. The van der Waals surface area contributed by atoms with Gasteiger partial charge >= 0.3 is 5.69 Å². The molecule has 1 unspecified atom stereocenters. The number of rotatable bonds is 3. The number of aromatic nitrogens is 3. The molecule has 6 heteroatoms. The molecule has 0 bridgehead atoms. The fraction of sp³-hybridized carbons (Fsp3) is 0.550. The van der Waals surface area contributed by atoms with Crippen molar-refractivity contribution >= 4 is 5.91 Å². The highest BCUT2D eigenvalue weighted by Crippen LogP contribution is 2.33. The molecule has 1 aliphatic heterocycles. The average molecular weight is 354 g/mol. The lowest BCUT2D eigenvalue weighted by Crippen LogP contribution is -2.40. The van der Waals surface area contributed by atoms with E-state index in [1.165, 1.54) is 17.5 Å². The van der Waals surface area contributed by atoms with Gasteiger partial charge in [-0.05, 0) is 37.8 Å². The van der Waals surface area contributed by atoms with E-state index in [1.54, 1.807) is 7.05 Å². The topological polar surface area (TPSA) is 60.1 Å². The molecular formula is C20H26N4O2. The predicted molar refractivity (Wildman–Crippen MR) is 99.3 cm³/mol. The van der Waals surface area contributed by atoms with Crippen molar-refractivity contribution in [1.82, 2.24) is 19.2 Å². The highest BCUT2D eigenvalue weighted by atomic mass is 16.2. The van der Waals surface area contributed by atoms with Gasteiger partial charge in [-0.15, -0.1) is 0 Å². The fourth-order valence-corrected chi connectivity index (χ4v) is 4.42. The number of benzene rings is 1. The molecule has 2 aliphatic rings. The maximum Gasteiger partial charge on any atom is 0.345 e. The summed E-state index contributed by atoms with van der Waals surface area (Å²) in [5.41, 5.74) is 0.709. The van der Waals surface area contributed by atoms with Crippen LogP contribution in [0.1, 0.15) is 66.7 Å². The smallest absolute Gasteiger partial charge is 0.338 e. The molecule has 4 rings (SSSR count). The second kappa shape index (κ2) is 7.09. The third-order valence-electron chi connectivity index (χ3n) is 5.77. The SMILES string of the molecule is Cn1nc(C2CCCN(C(=O)c3ccccc3)C2)n(C2CCCC2)c1=O. The molecule has 2 aromatic rings. The van der Waals surface area contributed by atoms with E-state index in [0.29, 0.717) is 6.54 Å². The number of nitrogens with zero attached hydrogens (tertiary/aromatic N) is 4. The van der Waals surface area contributed by atoms with E-state index >= 15 is 0 Å². The number of piperidine rings is 1. The Morgan fingerprint density at radius 3 is 2.54 bits per heavy atom. The Kier molecular flexibility index (Phi) is 4.66. The lowest BCUT2D eigenvalue weighted by atomic mass is 9.96. The normalized spacial score (nSPS) is 21.3. The number of carbonyl (C=O) groups excluding carboxylic acids is 1.